The summed E-state index contributed by atoms with van der Waals surface area (Å²) < 4.78 is 4.92. The van der Waals surface area contributed by atoms with Crippen molar-refractivity contribution in [2.45, 2.75) is 23.7 Å². The predicted molar refractivity (Wildman–Crippen MR) is 69.1 cm³/mol. The summed E-state index contributed by atoms with van der Waals surface area (Å²) in [5.74, 6) is 1.34. The fourth-order valence-corrected chi connectivity index (χ4v) is 2.09. The van der Waals surface area contributed by atoms with Gasteiger partial charge in [0.05, 0.1) is 5.75 Å². The van der Waals surface area contributed by atoms with Gasteiger partial charge >= 0.3 is 0 Å². The number of hydrogen-bond acceptors (Lipinski definition) is 6. The van der Waals surface area contributed by atoms with Crippen LogP contribution < -0.4 is 5.73 Å². The van der Waals surface area contributed by atoms with Crippen molar-refractivity contribution in [2.75, 3.05) is 6.54 Å². The smallest absolute Gasteiger partial charge is 0.256 e. The van der Waals surface area contributed by atoms with E-state index in [0.29, 0.717) is 11.6 Å². The lowest BCUT2D eigenvalue weighted by Gasteiger charge is -1.99. The van der Waals surface area contributed by atoms with E-state index in [4.69, 9.17) is 10.3 Å². The van der Waals surface area contributed by atoms with Crippen molar-refractivity contribution in [1.82, 2.24) is 10.1 Å². The summed E-state index contributed by atoms with van der Waals surface area (Å²) in [7, 11) is 0. The summed E-state index contributed by atoms with van der Waals surface area (Å²) in [5.41, 5.74) is 6.54. The summed E-state index contributed by atoms with van der Waals surface area (Å²) in [6.07, 6.45) is -0.879. The average molecular weight is 265 g/mol. The van der Waals surface area contributed by atoms with Crippen LogP contribution >= 0.6 is 11.8 Å². The molecule has 0 radical (unpaired) electrons. The fourth-order valence-electron chi connectivity index (χ4n) is 1.34. The molecular formula is C12H15N3O2S. The Bertz CT molecular complexity index is 498. The number of aromatic nitrogens is 2. The second kappa shape index (κ2) is 5.99. The van der Waals surface area contributed by atoms with Gasteiger partial charge in [0.1, 0.15) is 6.10 Å². The van der Waals surface area contributed by atoms with Gasteiger partial charge in [0.25, 0.3) is 5.89 Å². The summed E-state index contributed by atoms with van der Waals surface area (Å²) in [6.45, 7) is 2.13. The number of nitrogens with two attached hydrogens (primary N) is 1. The highest BCUT2D eigenvalue weighted by Gasteiger charge is 2.14. The van der Waals surface area contributed by atoms with E-state index < -0.39 is 6.10 Å². The molecule has 6 heteroatoms. The van der Waals surface area contributed by atoms with E-state index in [9.17, 15) is 5.11 Å². The minimum atomic E-state index is -0.879. The SMILES string of the molecule is Cc1ccc(SCc2noc(C(O)CN)n2)cc1. The number of thioether (sulfide) groups is 1. The van der Waals surface area contributed by atoms with Gasteiger partial charge in [0.15, 0.2) is 5.82 Å². The zero-order valence-corrected chi connectivity index (χ0v) is 10.9. The Morgan fingerprint density at radius 2 is 2.11 bits per heavy atom. The molecule has 0 saturated carbocycles. The van der Waals surface area contributed by atoms with Crippen LogP contribution in [-0.4, -0.2) is 21.8 Å². The van der Waals surface area contributed by atoms with E-state index in [1.54, 1.807) is 11.8 Å². The lowest BCUT2D eigenvalue weighted by atomic mass is 10.2. The minimum absolute atomic E-state index is 0.0761. The third-order valence-corrected chi connectivity index (χ3v) is 3.39. The van der Waals surface area contributed by atoms with Gasteiger partial charge < -0.3 is 15.4 Å². The highest BCUT2D eigenvalue weighted by molar-refractivity contribution is 7.98. The Morgan fingerprint density at radius 3 is 2.78 bits per heavy atom. The monoisotopic (exact) mass is 265 g/mol. The molecule has 1 aromatic carbocycles. The average Bonchev–Trinajstić information content (AvgIpc) is 2.86. The highest BCUT2D eigenvalue weighted by Crippen LogP contribution is 2.22. The van der Waals surface area contributed by atoms with E-state index in [-0.39, 0.29) is 12.4 Å². The second-order valence-corrected chi connectivity index (χ2v) is 4.95. The molecule has 96 valence electrons. The molecule has 2 aromatic rings. The Morgan fingerprint density at radius 1 is 1.39 bits per heavy atom. The summed E-state index contributed by atoms with van der Waals surface area (Å²) in [5, 5.41) is 13.2. The van der Waals surface area contributed by atoms with Crippen molar-refractivity contribution < 1.29 is 9.63 Å². The van der Waals surface area contributed by atoms with Crippen molar-refractivity contribution >= 4 is 11.8 Å². The van der Waals surface area contributed by atoms with E-state index in [2.05, 4.69) is 34.4 Å². The molecule has 3 N–H and O–H groups in total. The van der Waals surface area contributed by atoms with Gasteiger partial charge in [-0.15, -0.1) is 11.8 Å². The van der Waals surface area contributed by atoms with Gasteiger partial charge in [-0.1, -0.05) is 22.9 Å². The third-order valence-electron chi connectivity index (χ3n) is 2.38. The van der Waals surface area contributed by atoms with Crippen LogP contribution in [0.4, 0.5) is 0 Å². The number of rotatable bonds is 5. The Labute approximate surface area is 109 Å². The van der Waals surface area contributed by atoms with Crippen molar-refractivity contribution in [2.24, 2.45) is 5.73 Å². The van der Waals surface area contributed by atoms with Gasteiger partial charge in [-0.05, 0) is 19.1 Å². The van der Waals surface area contributed by atoms with Gasteiger partial charge in [-0.3, -0.25) is 0 Å². The zero-order chi connectivity index (χ0) is 13.0. The first-order chi connectivity index (χ1) is 8.69. The van der Waals surface area contributed by atoms with Crippen LogP contribution in [0.15, 0.2) is 33.7 Å². The molecule has 1 heterocycles. The zero-order valence-electron chi connectivity index (χ0n) is 10.0. The molecule has 2 rings (SSSR count). The van der Waals surface area contributed by atoms with Crippen LogP contribution in [0.25, 0.3) is 0 Å². The quantitative estimate of drug-likeness (QED) is 0.800. The third kappa shape index (κ3) is 3.32. The molecule has 18 heavy (non-hydrogen) atoms. The highest BCUT2D eigenvalue weighted by atomic mass is 32.2. The standard InChI is InChI=1S/C12H15N3O2S/c1-8-2-4-9(5-3-8)18-7-11-14-12(17-15-11)10(16)6-13/h2-5,10,16H,6-7,13H2,1H3. The molecular weight excluding hydrogens is 250 g/mol. The molecule has 0 aliphatic rings. The first-order valence-electron chi connectivity index (χ1n) is 5.59. The van der Waals surface area contributed by atoms with Crippen molar-refractivity contribution in [3.05, 3.63) is 41.5 Å². The molecule has 5 nitrogen and oxygen atoms in total. The normalized spacial score (nSPS) is 12.6. The molecule has 1 unspecified atom stereocenters. The maximum Gasteiger partial charge on any atom is 0.256 e. The van der Waals surface area contributed by atoms with Crippen LogP contribution in [0.5, 0.6) is 0 Å². The van der Waals surface area contributed by atoms with Crippen LogP contribution in [-0.2, 0) is 5.75 Å². The van der Waals surface area contributed by atoms with Crippen LogP contribution in [0.1, 0.15) is 23.4 Å². The first kappa shape index (κ1) is 13.1. The van der Waals surface area contributed by atoms with Crippen molar-refractivity contribution in [1.29, 1.82) is 0 Å². The molecule has 0 bridgehead atoms. The Hall–Kier alpha value is -1.37. The second-order valence-electron chi connectivity index (χ2n) is 3.90. The number of hydrogen-bond donors (Lipinski definition) is 2. The van der Waals surface area contributed by atoms with Gasteiger partial charge in [0.2, 0.25) is 0 Å². The number of aliphatic hydroxyl groups is 1. The van der Waals surface area contributed by atoms with Crippen molar-refractivity contribution in [3.63, 3.8) is 0 Å². The molecule has 0 saturated heterocycles. The van der Waals surface area contributed by atoms with Crippen LogP contribution in [0, 0.1) is 6.92 Å². The maximum absolute atomic E-state index is 9.43. The van der Waals surface area contributed by atoms with E-state index >= 15 is 0 Å². The molecule has 0 fully saturated rings. The number of benzene rings is 1. The van der Waals surface area contributed by atoms with E-state index in [1.807, 2.05) is 6.92 Å². The molecule has 0 aliphatic heterocycles. The number of nitrogens with zero attached hydrogens (tertiary/aromatic N) is 2. The molecule has 1 aromatic heterocycles. The predicted octanol–water partition coefficient (Wildman–Crippen LogP) is 1.66. The number of aryl methyl sites for hydroxylation is 1. The maximum atomic E-state index is 9.43. The van der Waals surface area contributed by atoms with Crippen LogP contribution in [0.3, 0.4) is 0 Å². The molecule has 0 amide bonds. The van der Waals surface area contributed by atoms with Gasteiger partial charge in [0, 0.05) is 11.4 Å². The van der Waals surface area contributed by atoms with Crippen LogP contribution in [0.2, 0.25) is 0 Å². The van der Waals surface area contributed by atoms with E-state index in [1.165, 1.54) is 5.56 Å². The van der Waals surface area contributed by atoms with Crippen molar-refractivity contribution in [3.8, 4) is 0 Å². The first-order valence-corrected chi connectivity index (χ1v) is 6.57. The Balaban J connectivity index is 1.94. The lowest BCUT2D eigenvalue weighted by Crippen LogP contribution is -2.11. The largest absolute Gasteiger partial charge is 0.382 e. The topological polar surface area (TPSA) is 85.2 Å². The molecule has 0 aliphatic carbocycles. The number of aliphatic hydroxyl groups excluding tert-OH is 1. The van der Waals surface area contributed by atoms with Gasteiger partial charge in [-0.2, -0.15) is 4.98 Å². The van der Waals surface area contributed by atoms with E-state index in [0.717, 1.165) is 4.90 Å². The summed E-state index contributed by atoms with van der Waals surface area (Å²) >= 11 is 1.62. The van der Waals surface area contributed by atoms with Gasteiger partial charge in [-0.25, -0.2) is 0 Å². The Kier molecular flexibility index (Phi) is 4.35. The summed E-state index contributed by atoms with van der Waals surface area (Å²) in [6, 6.07) is 8.22. The lowest BCUT2D eigenvalue weighted by molar-refractivity contribution is 0.141. The minimum Gasteiger partial charge on any atom is -0.382 e. The molecule has 0 spiro atoms. The fraction of sp³-hybridized carbons (Fsp3) is 0.333. The summed E-state index contributed by atoms with van der Waals surface area (Å²) in [4.78, 5) is 5.23. The molecule has 1 atom stereocenters.